The molecule has 0 spiro atoms. The number of nitrogens with zero attached hydrogens (tertiary/aromatic N) is 1. The predicted octanol–water partition coefficient (Wildman–Crippen LogP) is 1.90. The van der Waals surface area contributed by atoms with Crippen LogP contribution >= 0.6 is 15.9 Å². The van der Waals surface area contributed by atoms with E-state index >= 15 is 0 Å². The molecule has 0 aromatic heterocycles. The fraction of sp³-hybridized carbons (Fsp3) is 0.500. The van der Waals surface area contributed by atoms with Crippen LogP contribution in [0, 0.1) is 5.92 Å². The number of nitrogens with two attached hydrogens (primary N) is 1. The molecule has 2 unspecified atom stereocenters. The molecule has 0 bridgehead atoms. The third kappa shape index (κ3) is 5.77. The highest BCUT2D eigenvalue weighted by molar-refractivity contribution is 9.10. The third-order valence-corrected chi connectivity index (χ3v) is 4.41. The Morgan fingerprint density at radius 1 is 1.32 bits per heavy atom. The normalized spacial score (nSPS) is 13.3. The van der Waals surface area contributed by atoms with E-state index in [9.17, 15) is 9.59 Å². The minimum absolute atomic E-state index is 0.00972. The standard InChI is InChI=1S/C16H24BrN3O2/c1-11(12(2)18)16(22)19-9-8-15(21)20(3)10-13-6-4-5-7-14(13)17/h4-7,11-12H,8-10,18H2,1-3H3,(H,19,22). The molecule has 0 aliphatic carbocycles. The molecule has 1 aromatic carbocycles. The summed E-state index contributed by atoms with van der Waals surface area (Å²) in [5, 5.41) is 2.75. The van der Waals surface area contributed by atoms with Crippen LogP contribution in [0.1, 0.15) is 25.8 Å². The smallest absolute Gasteiger partial charge is 0.224 e. The zero-order chi connectivity index (χ0) is 16.7. The predicted molar refractivity (Wildman–Crippen MR) is 91.1 cm³/mol. The fourth-order valence-electron chi connectivity index (χ4n) is 1.85. The van der Waals surface area contributed by atoms with Gasteiger partial charge in [-0.15, -0.1) is 0 Å². The zero-order valence-electron chi connectivity index (χ0n) is 13.3. The molecule has 1 rings (SSSR count). The lowest BCUT2D eigenvalue weighted by Gasteiger charge is -2.19. The van der Waals surface area contributed by atoms with Crippen molar-refractivity contribution in [3.05, 3.63) is 34.3 Å². The van der Waals surface area contributed by atoms with Crippen molar-refractivity contribution in [2.24, 2.45) is 11.7 Å². The molecular weight excluding hydrogens is 346 g/mol. The Bertz CT molecular complexity index is 520. The second kappa shape index (κ2) is 8.90. The molecule has 122 valence electrons. The van der Waals surface area contributed by atoms with Gasteiger partial charge in [-0.3, -0.25) is 9.59 Å². The van der Waals surface area contributed by atoms with E-state index in [2.05, 4.69) is 21.2 Å². The van der Waals surface area contributed by atoms with Gasteiger partial charge < -0.3 is 16.0 Å². The Kier molecular flexibility index (Phi) is 7.55. The molecule has 5 nitrogen and oxygen atoms in total. The number of halogens is 1. The summed E-state index contributed by atoms with van der Waals surface area (Å²) >= 11 is 3.47. The van der Waals surface area contributed by atoms with Gasteiger partial charge in [0.1, 0.15) is 0 Å². The van der Waals surface area contributed by atoms with Gasteiger partial charge in [0, 0.05) is 43.0 Å². The van der Waals surface area contributed by atoms with Crippen LogP contribution in [0.4, 0.5) is 0 Å². The highest BCUT2D eigenvalue weighted by Crippen LogP contribution is 2.17. The second-order valence-electron chi connectivity index (χ2n) is 5.53. The maximum atomic E-state index is 12.1. The van der Waals surface area contributed by atoms with E-state index in [0.717, 1.165) is 10.0 Å². The first-order chi connectivity index (χ1) is 10.3. The molecule has 22 heavy (non-hydrogen) atoms. The van der Waals surface area contributed by atoms with Crippen molar-refractivity contribution in [1.29, 1.82) is 0 Å². The first-order valence-electron chi connectivity index (χ1n) is 7.33. The van der Waals surface area contributed by atoms with Gasteiger partial charge in [0.15, 0.2) is 0 Å². The average Bonchev–Trinajstić information content (AvgIpc) is 2.48. The summed E-state index contributed by atoms with van der Waals surface area (Å²) in [6.45, 7) is 4.43. The molecule has 0 heterocycles. The van der Waals surface area contributed by atoms with Crippen LogP contribution in [0.15, 0.2) is 28.7 Å². The summed E-state index contributed by atoms with van der Waals surface area (Å²) in [5.74, 6) is -0.381. The lowest BCUT2D eigenvalue weighted by molar-refractivity contribution is -0.130. The molecule has 0 saturated carbocycles. The van der Waals surface area contributed by atoms with Crippen LogP contribution in [0.5, 0.6) is 0 Å². The Balaban J connectivity index is 2.39. The molecule has 2 amide bonds. The fourth-order valence-corrected chi connectivity index (χ4v) is 2.26. The van der Waals surface area contributed by atoms with Crippen molar-refractivity contribution in [1.82, 2.24) is 10.2 Å². The van der Waals surface area contributed by atoms with Crippen LogP contribution < -0.4 is 11.1 Å². The van der Waals surface area contributed by atoms with Gasteiger partial charge in [-0.25, -0.2) is 0 Å². The second-order valence-corrected chi connectivity index (χ2v) is 6.38. The molecule has 1 aromatic rings. The summed E-state index contributed by atoms with van der Waals surface area (Å²) in [6.07, 6.45) is 0.276. The lowest BCUT2D eigenvalue weighted by atomic mass is 10.0. The third-order valence-electron chi connectivity index (χ3n) is 3.63. The van der Waals surface area contributed by atoms with Crippen molar-refractivity contribution >= 4 is 27.7 Å². The van der Waals surface area contributed by atoms with E-state index in [4.69, 9.17) is 5.73 Å². The number of carbonyl (C=O) groups is 2. The maximum absolute atomic E-state index is 12.1. The van der Waals surface area contributed by atoms with Gasteiger partial charge in [-0.1, -0.05) is 41.1 Å². The number of hydrogen-bond acceptors (Lipinski definition) is 3. The summed E-state index contributed by atoms with van der Waals surface area (Å²) in [4.78, 5) is 25.5. The lowest BCUT2D eigenvalue weighted by Crippen LogP contribution is -2.40. The number of carbonyl (C=O) groups excluding carboxylic acids is 2. The van der Waals surface area contributed by atoms with Gasteiger partial charge in [0.2, 0.25) is 11.8 Å². The van der Waals surface area contributed by atoms with Crippen LogP contribution in [0.2, 0.25) is 0 Å². The highest BCUT2D eigenvalue weighted by atomic mass is 79.9. The summed E-state index contributed by atoms with van der Waals surface area (Å²) in [6, 6.07) is 7.59. The molecule has 0 radical (unpaired) electrons. The Hall–Kier alpha value is -1.40. The number of hydrogen-bond donors (Lipinski definition) is 2. The first-order valence-corrected chi connectivity index (χ1v) is 8.13. The molecule has 0 aliphatic heterocycles. The summed E-state index contributed by atoms with van der Waals surface area (Å²) < 4.78 is 0.980. The summed E-state index contributed by atoms with van der Waals surface area (Å²) in [7, 11) is 1.76. The minimum atomic E-state index is -0.256. The van der Waals surface area contributed by atoms with Crippen molar-refractivity contribution in [3.8, 4) is 0 Å². The minimum Gasteiger partial charge on any atom is -0.355 e. The van der Waals surface area contributed by atoms with Crippen LogP contribution in [-0.2, 0) is 16.1 Å². The van der Waals surface area contributed by atoms with Crippen LogP contribution in [0.25, 0.3) is 0 Å². The van der Waals surface area contributed by atoms with E-state index in [1.165, 1.54) is 0 Å². The molecule has 3 N–H and O–H groups in total. The Morgan fingerprint density at radius 2 is 1.95 bits per heavy atom. The molecular formula is C16H24BrN3O2. The van der Waals surface area contributed by atoms with Gasteiger partial charge in [0.05, 0.1) is 0 Å². The molecule has 0 aliphatic rings. The quantitative estimate of drug-likeness (QED) is 0.770. The summed E-state index contributed by atoms with van der Waals surface area (Å²) in [5.41, 5.74) is 6.73. The van der Waals surface area contributed by atoms with Gasteiger partial charge in [-0.05, 0) is 18.6 Å². The van der Waals surface area contributed by atoms with Crippen molar-refractivity contribution in [2.75, 3.05) is 13.6 Å². The van der Waals surface area contributed by atoms with E-state index in [0.29, 0.717) is 13.1 Å². The highest BCUT2D eigenvalue weighted by Gasteiger charge is 2.17. The number of amides is 2. The van der Waals surface area contributed by atoms with E-state index < -0.39 is 0 Å². The number of nitrogens with one attached hydrogen (secondary N) is 1. The average molecular weight is 370 g/mol. The van der Waals surface area contributed by atoms with Gasteiger partial charge in [-0.2, -0.15) is 0 Å². The van der Waals surface area contributed by atoms with E-state index in [-0.39, 0.29) is 30.2 Å². The van der Waals surface area contributed by atoms with Gasteiger partial charge >= 0.3 is 0 Å². The number of rotatable bonds is 7. The molecule has 2 atom stereocenters. The van der Waals surface area contributed by atoms with Crippen molar-refractivity contribution in [2.45, 2.75) is 32.9 Å². The van der Waals surface area contributed by atoms with Crippen LogP contribution in [0.3, 0.4) is 0 Å². The van der Waals surface area contributed by atoms with Crippen molar-refractivity contribution < 1.29 is 9.59 Å². The van der Waals surface area contributed by atoms with E-state index in [1.54, 1.807) is 25.8 Å². The molecule has 0 saturated heterocycles. The molecule has 6 heteroatoms. The van der Waals surface area contributed by atoms with Gasteiger partial charge in [0.25, 0.3) is 0 Å². The number of benzene rings is 1. The van der Waals surface area contributed by atoms with E-state index in [1.807, 2.05) is 24.3 Å². The SMILES string of the molecule is CC(N)C(C)C(=O)NCCC(=O)N(C)Cc1ccccc1Br. The Morgan fingerprint density at radius 3 is 2.55 bits per heavy atom. The zero-order valence-corrected chi connectivity index (χ0v) is 14.9. The first kappa shape index (κ1) is 18.6. The van der Waals surface area contributed by atoms with Crippen LogP contribution in [-0.4, -0.2) is 36.3 Å². The Labute approximate surface area is 140 Å². The topological polar surface area (TPSA) is 75.4 Å². The van der Waals surface area contributed by atoms with Crippen molar-refractivity contribution in [3.63, 3.8) is 0 Å². The monoisotopic (exact) mass is 369 g/mol. The largest absolute Gasteiger partial charge is 0.355 e. The molecule has 0 fully saturated rings. The maximum Gasteiger partial charge on any atom is 0.224 e.